The molecular formula is C14H17N3O2S. The monoisotopic (exact) mass is 291 g/mol. The molecule has 0 spiro atoms. The predicted molar refractivity (Wildman–Crippen MR) is 79.0 cm³/mol. The van der Waals surface area contributed by atoms with E-state index in [2.05, 4.69) is 9.88 Å². The fourth-order valence-corrected chi connectivity index (χ4v) is 3.69. The number of carboxylic acid groups (broad SMARTS) is 1. The normalized spacial score (nSPS) is 20.3. The molecule has 1 unspecified atom stereocenters. The molecule has 6 heteroatoms. The Labute approximate surface area is 121 Å². The van der Waals surface area contributed by atoms with Crippen molar-refractivity contribution < 1.29 is 9.90 Å². The molecule has 20 heavy (non-hydrogen) atoms. The lowest BCUT2D eigenvalue weighted by Crippen LogP contribution is -2.43. The van der Waals surface area contributed by atoms with E-state index in [0.29, 0.717) is 0 Å². The number of aromatic nitrogens is 2. The summed E-state index contributed by atoms with van der Waals surface area (Å²) in [5.74, 6) is 1.22. The summed E-state index contributed by atoms with van der Waals surface area (Å²) >= 11 is 1.83. The van der Waals surface area contributed by atoms with E-state index in [9.17, 15) is 4.79 Å². The van der Waals surface area contributed by atoms with Gasteiger partial charge in [0.1, 0.15) is 5.65 Å². The van der Waals surface area contributed by atoms with E-state index in [0.717, 1.165) is 35.9 Å². The van der Waals surface area contributed by atoms with E-state index in [1.165, 1.54) is 0 Å². The van der Waals surface area contributed by atoms with Crippen LogP contribution in [0.4, 0.5) is 0 Å². The molecule has 0 amide bonds. The molecule has 0 saturated carbocycles. The summed E-state index contributed by atoms with van der Waals surface area (Å²) in [6.45, 7) is 1.65. The Morgan fingerprint density at radius 3 is 3.20 bits per heavy atom. The number of thioether (sulfide) groups is 1. The molecule has 1 aliphatic heterocycles. The van der Waals surface area contributed by atoms with Crippen molar-refractivity contribution in [2.75, 3.05) is 18.1 Å². The molecule has 0 aliphatic carbocycles. The van der Waals surface area contributed by atoms with Crippen LogP contribution in [-0.4, -0.2) is 49.5 Å². The average Bonchev–Trinajstić information content (AvgIpc) is 2.82. The van der Waals surface area contributed by atoms with Crippen molar-refractivity contribution in [1.29, 1.82) is 0 Å². The fraction of sp³-hybridized carbons (Fsp3) is 0.429. The molecule has 0 aromatic carbocycles. The minimum absolute atomic E-state index is 0.107. The number of hydrogen-bond donors (Lipinski definition) is 1. The summed E-state index contributed by atoms with van der Waals surface area (Å²) in [6, 6.07) is 6.03. The van der Waals surface area contributed by atoms with Crippen LogP contribution in [0, 0.1) is 0 Å². The van der Waals surface area contributed by atoms with Crippen molar-refractivity contribution in [1.82, 2.24) is 14.3 Å². The van der Waals surface area contributed by atoms with Gasteiger partial charge in [0, 0.05) is 43.0 Å². The molecule has 106 valence electrons. The van der Waals surface area contributed by atoms with E-state index >= 15 is 0 Å². The van der Waals surface area contributed by atoms with E-state index in [-0.39, 0.29) is 12.5 Å². The number of nitrogens with zero attached hydrogens (tertiary/aromatic N) is 3. The van der Waals surface area contributed by atoms with Crippen molar-refractivity contribution in [2.45, 2.75) is 19.0 Å². The van der Waals surface area contributed by atoms with E-state index in [1.54, 1.807) is 0 Å². The van der Waals surface area contributed by atoms with Gasteiger partial charge in [0.05, 0.1) is 12.1 Å². The zero-order valence-corrected chi connectivity index (χ0v) is 11.9. The van der Waals surface area contributed by atoms with Gasteiger partial charge in [0.2, 0.25) is 0 Å². The summed E-state index contributed by atoms with van der Waals surface area (Å²) in [7, 11) is 0. The molecule has 1 N–H and O–H groups in total. The second-order valence-electron chi connectivity index (χ2n) is 5.00. The Morgan fingerprint density at radius 2 is 2.40 bits per heavy atom. The van der Waals surface area contributed by atoms with Crippen LogP contribution in [0.2, 0.25) is 0 Å². The van der Waals surface area contributed by atoms with Crippen LogP contribution in [-0.2, 0) is 11.3 Å². The van der Waals surface area contributed by atoms with E-state index in [1.807, 2.05) is 46.8 Å². The first kappa shape index (κ1) is 13.5. The molecule has 1 fully saturated rings. The first-order chi connectivity index (χ1) is 9.72. The molecule has 1 saturated heterocycles. The van der Waals surface area contributed by atoms with Gasteiger partial charge in [-0.15, -0.1) is 0 Å². The highest BCUT2D eigenvalue weighted by Crippen LogP contribution is 2.21. The van der Waals surface area contributed by atoms with Gasteiger partial charge >= 0.3 is 5.97 Å². The Balaban J connectivity index is 1.75. The SMILES string of the molecule is O=C(O)CC1CSCCN1Cc1cn2ccccc2n1. The lowest BCUT2D eigenvalue weighted by molar-refractivity contribution is -0.138. The van der Waals surface area contributed by atoms with Gasteiger partial charge in [0.25, 0.3) is 0 Å². The molecule has 5 nitrogen and oxygen atoms in total. The highest BCUT2D eigenvalue weighted by Gasteiger charge is 2.25. The Hall–Kier alpha value is -1.53. The highest BCUT2D eigenvalue weighted by molar-refractivity contribution is 7.99. The maximum absolute atomic E-state index is 11.0. The third kappa shape index (κ3) is 2.96. The standard InChI is InChI=1S/C14H17N3O2S/c18-14(19)7-12-10-20-6-5-16(12)8-11-9-17-4-2-1-3-13(17)15-11/h1-4,9,12H,5-8,10H2,(H,18,19). The summed E-state index contributed by atoms with van der Waals surface area (Å²) < 4.78 is 2.00. The van der Waals surface area contributed by atoms with Crippen molar-refractivity contribution in [3.8, 4) is 0 Å². The number of rotatable bonds is 4. The van der Waals surface area contributed by atoms with Gasteiger partial charge in [-0.1, -0.05) is 6.07 Å². The van der Waals surface area contributed by atoms with Crippen LogP contribution < -0.4 is 0 Å². The third-order valence-corrected chi connectivity index (χ3v) is 4.63. The Kier molecular flexibility index (Phi) is 3.93. The number of fused-ring (bicyclic) bond motifs is 1. The van der Waals surface area contributed by atoms with Crippen molar-refractivity contribution >= 4 is 23.4 Å². The number of imidazole rings is 1. The largest absolute Gasteiger partial charge is 0.481 e. The number of hydrogen-bond acceptors (Lipinski definition) is 4. The van der Waals surface area contributed by atoms with Crippen LogP contribution in [0.25, 0.3) is 5.65 Å². The second-order valence-corrected chi connectivity index (χ2v) is 6.15. The van der Waals surface area contributed by atoms with Gasteiger partial charge in [-0.05, 0) is 12.1 Å². The lowest BCUT2D eigenvalue weighted by Gasteiger charge is -2.33. The number of carboxylic acids is 1. The van der Waals surface area contributed by atoms with Crippen molar-refractivity contribution in [3.05, 3.63) is 36.3 Å². The minimum Gasteiger partial charge on any atom is -0.481 e. The van der Waals surface area contributed by atoms with Gasteiger partial charge in [-0.3, -0.25) is 9.69 Å². The van der Waals surface area contributed by atoms with Crippen LogP contribution in [0.1, 0.15) is 12.1 Å². The lowest BCUT2D eigenvalue weighted by atomic mass is 10.2. The van der Waals surface area contributed by atoms with Crippen molar-refractivity contribution in [2.24, 2.45) is 0 Å². The number of pyridine rings is 1. The topological polar surface area (TPSA) is 57.8 Å². The quantitative estimate of drug-likeness (QED) is 0.929. The van der Waals surface area contributed by atoms with Gasteiger partial charge in [0.15, 0.2) is 0 Å². The predicted octanol–water partition coefficient (Wildman–Crippen LogP) is 1.73. The Morgan fingerprint density at radius 1 is 1.50 bits per heavy atom. The molecule has 3 heterocycles. The summed E-state index contributed by atoms with van der Waals surface area (Å²) in [5, 5.41) is 9.01. The van der Waals surface area contributed by atoms with Crippen molar-refractivity contribution in [3.63, 3.8) is 0 Å². The van der Waals surface area contributed by atoms with Crippen LogP contribution >= 0.6 is 11.8 Å². The average molecular weight is 291 g/mol. The minimum atomic E-state index is -0.725. The maximum atomic E-state index is 11.0. The van der Waals surface area contributed by atoms with Gasteiger partial charge < -0.3 is 9.51 Å². The van der Waals surface area contributed by atoms with E-state index < -0.39 is 5.97 Å². The van der Waals surface area contributed by atoms with Crippen LogP contribution in [0.3, 0.4) is 0 Å². The molecule has 2 aromatic heterocycles. The first-order valence-corrected chi connectivity index (χ1v) is 7.84. The highest BCUT2D eigenvalue weighted by atomic mass is 32.2. The molecule has 3 rings (SSSR count). The van der Waals surface area contributed by atoms with Crippen LogP contribution in [0.5, 0.6) is 0 Å². The number of aliphatic carboxylic acids is 1. The zero-order chi connectivity index (χ0) is 13.9. The number of carbonyl (C=O) groups is 1. The van der Waals surface area contributed by atoms with Crippen LogP contribution in [0.15, 0.2) is 30.6 Å². The summed E-state index contributed by atoms with van der Waals surface area (Å²) in [4.78, 5) is 17.8. The molecule has 2 aromatic rings. The fourth-order valence-electron chi connectivity index (χ4n) is 2.56. The molecule has 1 atom stereocenters. The first-order valence-electron chi connectivity index (χ1n) is 6.68. The van der Waals surface area contributed by atoms with Gasteiger partial charge in [-0.25, -0.2) is 4.98 Å². The van der Waals surface area contributed by atoms with Gasteiger partial charge in [-0.2, -0.15) is 11.8 Å². The zero-order valence-electron chi connectivity index (χ0n) is 11.1. The molecule has 1 aliphatic rings. The smallest absolute Gasteiger partial charge is 0.304 e. The molecule has 0 radical (unpaired) electrons. The molecular weight excluding hydrogens is 274 g/mol. The van der Waals surface area contributed by atoms with E-state index in [4.69, 9.17) is 5.11 Å². The summed E-state index contributed by atoms with van der Waals surface area (Å²) in [6.07, 6.45) is 4.21. The second kappa shape index (κ2) is 5.85. The Bertz CT molecular complexity index is 580. The summed E-state index contributed by atoms with van der Waals surface area (Å²) in [5.41, 5.74) is 1.93. The molecule has 0 bridgehead atoms. The maximum Gasteiger partial charge on any atom is 0.304 e. The third-order valence-electron chi connectivity index (χ3n) is 3.54.